The molecule has 0 aliphatic carbocycles. The van der Waals surface area contributed by atoms with Crippen LogP contribution < -0.4 is 10.6 Å². The molecule has 0 unspecified atom stereocenters. The maximum atomic E-state index is 10.4. The number of aromatic nitrogens is 2. The second-order valence-electron chi connectivity index (χ2n) is 6.13. The molecule has 2 atom stereocenters. The maximum absolute atomic E-state index is 10.4. The van der Waals surface area contributed by atoms with Crippen LogP contribution in [-0.4, -0.2) is 58.3 Å². The average Bonchev–Trinajstić information content (AvgIpc) is 2.63. The quantitative estimate of drug-likeness (QED) is 0.708. The number of β-amino-alcohol motifs (C(OH)–C–C–N with tert-alkyl or cyclic N) is 1. The van der Waals surface area contributed by atoms with E-state index in [2.05, 4.69) is 37.6 Å². The van der Waals surface area contributed by atoms with Crippen molar-refractivity contribution in [3.05, 3.63) is 54.4 Å². The highest BCUT2D eigenvalue weighted by atomic mass is 16.3. The van der Waals surface area contributed by atoms with E-state index in [0.717, 1.165) is 32.6 Å². The molecule has 1 fully saturated rings. The Morgan fingerprint density at radius 3 is 2.67 bits per heavy atom. The minimum atomic E-state index is -0.338. The van der Waals surface area contributed by atoms with Gasteiger partial charge in [-0.05, 0) is 24.6 Å². The van der Waals surface area contributed by atoms with Gasteiger partial charge in [0.15, 0.2) is 0 Å². The first-order valence-electron chi connectivity index (χ1n) is 8.50. The first kappa shape index (κ1) is 16.8. The number of aliphatic hydroxyl groups excluding tert-OH is 1. The van der Waals surface area contributed by atoms with E-state index in [1.807, 2.05) is 18.2 Å². The summed E-state index contributed by atoms with van der Waals surface area (Å²) in [6, 6.07) is 12.3. The van der Waals surface area contributed by atoms with Crippen molar-refractivity contribution >= 4 is 5.95 Å². The normalized spacial score (nSPS) is 21.5. The molecular weight excluding hydrogens is 302 g/mol. The number of likely N-dealkylation sites (tertiary alicyclic amines) is 1. The van der Waals surface area contributed by atoms with E-state index in [0.29, 0.717) is 12.5 Å². The van der Waals surface area contributed by atoms with Crippen molar-refractivity contribution in [1.82, 2.24) is 20.2 Å². The number of piperidine rings is 1. The number of hydrogen-bond acceptors (Lipinski definition) is 6. The number of anilines is 1. The lowest BCUT2D eigenvalue weighted by Gasteiger charge is -2.36. The molecule has 6 heteroatoms. The lowest BCUT2D eigenvalue weighted by atomic mass is 10.0. The van der Waals surface area contributed by atoms with Crippen LogP contribution in [0.15, 0.2) is 48.8 Å². The van der Waals surface area contributed by atoms with Crippen LogP contribution in [0.2, 0.25) is 0 Å². The van der Waals surface area contributed by atoms with Gasteiger partial charge in [-0.3, -0.25) is 4.90 Å². The van der Waals surface area contributed by atoms with Gasteiger partial charge in [-0.2, -0.15) is 0 Å². The summed E-state index contributed by atoms with van der Waals surface area (Å²) >= 11 is 0. The Hall–Kier alpha value is -2.02. The Kier molecular flexibility index (Phi) is 6.12. The molecule has 1 saturated heterocycles. The molecule has 0 spiro atoms. The zero-order chi connectivity index (χ0) is 16.6. The fourth-order valence-corrected chi connectivity index (χ4v) is 3.00. The standard InChI is InChI=1S/C18H25N5O/c24-17-14-23(12-10-21-18-19-8-4-9-20-18)11-7-16(17)22-13-15-5-2-1-3-6-15/h1-6,8-9,16-17,22,24H,7,10-14H2,(H,19,20,21)/t16-,17-/m0/s1. The highest BCUT2D eigenvalue weighted by Crippen LogP contribution is 2.12. The van der Waals surface area contributed by atoms with Gasteiger partial charge in [0.25, 0.3) is 0 Å². The number of rotatable bonds is 7. The van der Waals surface area contributed by atoms with E-state index in [4.69, 9.17) is 0 Å². The fourth-order valence-electron chi connectivity index (χ4n) is 3.00. The third-order valence-corrected chi connectivity index (χ3v) is 4.35. The summed E-state index contributed by atoms with van der Waals surface area (Å²) in [5, 5.41) is 17.1. The monoisotopic (exact) mass is 327 g/mol. The van der Waals surface area contributed by atoms with Crippen LogP contribution in [0.4, 0.5) is 5.95 Å². The van der Waals surface area contributed by atoms with Crippen LogP contribution in [-0.2, 0) is 6.54 Å². The summed E-state index contributed by atoms with van der Waals surface area (Å²) in [5.74, 6) is 0.650. The van der Waals surface area contributed by atoms with Crippen LogP contribution in [0.3, 0.4) is 0 Å². The van der Waals surface area contributed by atoms with Crippen molar-refractivity contribution < 1.29 is 5.11 Å². The highest BCUT2D eigenvalue weighted by molar-refractivity contribution is 5.21. The minimum Gasteiger partial charge on any atom is -0.390 e. The third-order valence-electron chi connectivity index (χ3n) is 4.35. The molecule has 3 N–H and O–H groups in total. The predicted octanol–water partition coefficient (Wildman–Crippen LogP) is 1.11. The van der Waals surface area contributed by atoms with E-state index in [-0.39, 0.29) is 12.1 Å². The van der Waals surface area contributed by atoms with E-state index in [1.165, 1.54) is 5.56 Å². The third kappa shape index (κ3) is 4.99. The molecule has 1 aliphatic rings. The van der Waals surface area contributed by atoms with E-state index < -0.39 is 0 Å². The van der Waals surface area contributed by atoms with Gasteiger partial charge < -0.3 is 15.7 Å². The molecule has 2 heterocycles. The van der Waals surface area contributed by atoms with Crippen LogP contribution in [0, 0.1) is 0 Å². The Bertz CT molecular complexity index is 595. The van der Waals surface area contributed by atoms with Crippen LogP contribution >= 0.6 is 0 Å². The Labute approximate surface area is 142 Å². The molecular formula is C18H25N5O. The Balaban J connectivity index is 1.37. The van der Waals surface area contributed by atoms with Crippen molar-refractivity contribution in [3.8, 4) is 0 Å². The van der Waals surface area contributed by atoms with Crippen molar-refractivity contribution in [2.24, 2.45) is 0 Å². The van der Waals surface area contributed by atoms with Crippen LogP contribution in [0.5, 0.6) is 0 Å². The summed E-state index contributed by atoms with van der Waals surface area (Å²) < 4.78 is 0. The van der Waals surface area contributed by atoms with E-state index >= 15 is 0 Å². The Morgan fingerprint density at radius 1 is 1.12 bits per heavy atom. The van der Waals surface area contributed by atoms with Crippen molar-refractivity contribution in [3.63, 3.8) is 0 Å². The zero-order valence-electron chi connectivity index (χ0n) is 13.8. The molecule has 0 bridgehead atoms. The molecule has 128 valence electrons. The summed E-state index contributed by atoms with van der Waals surface area (Å²) in [5.41, 5.74) is 1.25. The molecule has 3 rings (SSSR count). The zero-order valence-corrected chi connectivity index (χ0v) is 13.8. The van der Waals surface area contributed by atoms with Crippen molar-refractivity contribution in [2.75, 3.05) is 31.5 Å². The fraction of sp³-hybridized carbons (Fsp3) is 0.444. The molecule has 24 heavy (non-hydrogen) atoms. The largest absolute Gasteiger partial charge is 0.390 e. The number of benzene rings is 1. The summed E-state index contributed by atoms with van der Waals surface area (Å²) in [6.45, 7) is 4.14. The SMILES string of the molecule is O[C@H]1CN(CCNc2ncccn2)CC[C@@H]1NCc1ccccc1. The van der Waals surface area contributed by atoms with Crippen LogP contribution in [0.1, 0.15) is 12.0 Å². The van der Waals surface area contributed by atoms with Crippen LogP contribution in [0.25, 0.3) is 0 Å². The molecule has 0 radical (unpaired) electrons. The molecule has 1 aliphatic heterocycles. The predicted molar refractivity (Wildman–Crippen MR) is 94.7 cm³/mol. The maximum Gasteiger partial charge on any atom is 0.222 e. The molecule has 0 saturated carbocycles. The molecule has 0 amide bonds. The minimum absolute atomic E-state index is 0.159. The van der Waals surface area contributed by atoms with Gasteiger partial charge >= 0.3 is 0 Å². The van der Waals surface area contributed by atoms with Gasteiger partial charge in [0, 0.05) is 44.6 Å². The van der Waals surface area contributed by atoms with Crippen molar-refractivity contribution in [1.29, 1.82) is 0 Å². The van der Waals surface area contributed by atoms with Gasteiger partial charge in [-0.1, -0.05) is 30.3 Å². The van der Waals surface area contributed by atoms with Gasteiger partial charge in [0.1, 0.15) is 0 Å². The number of hydrogen-bond donors (Lipinski definition) is 3. The number of nitrogens with zero attached hydrogens (tertiary/aromatic N) is 3. The lowest BCUT2D eigenvalue weighted by Crippen LogP contribution is -2.53. The smallest absolute Gasteiger partial charge is 0.222 e. The first-order valence-corrected chi connectivity index (χ1v) is 8.50. The molecule has 6 nitrogen and oxygen atoms in total. The molecule has 1 aromatic carbocycles. The Morgan fingerprint density at radius 2 is 1.92 bits per heavy atom. The average molecular weight is 327 g/mol. The highest BCUT2D eigenvalue weighted by Gasteiger charge is 2.26. The summed E-state index contributed by atoms with van der Waals surface area (Å²) in [6.07, 6.45) is 4.07. The van der Waals surface area contributed by atoms with E-state index in [1.54, 1.807) is 18.5 Å². The summed E-state index contributed by atoms with van der Waals surface area (Å²) in [7, 11) is 0. The van der Waals surface area contributed by atoms with Gasteiger partial charge in [-0.25, -0.2) is 9.97 Å². The summed E-state index contributed by atoms with van der Waals surface area (Å²) in [4.78, 5) is 10.6. The number of aliphatic hydroxyl groups is 1. The number of nitrogens with one attached hydrogen (secondary N) is 2. The van der Waals surface area contributed by atoms with Gasteiger partial charge in [0.05, 0.1) is 6.10 Å². The topological polar surface area (TPSA) is 73.3 Å². The molecule has 2 aromatic rings. The second-order valence-corrected chi connectivity index (χ2v) is 6.13. The second kappa shape index (κ2) is 8.73. The molecule has 1 aromatic heterocycles. The lowest BCUT2D eigenvalue weighted by molar-refractivity contribution is 0.0417. The first-order chi connectivity index (χ1) is 11.8. The van der Waals surface area contributed by atoms with Crippen molar-refractivity contribution in [2.45, 2.75) is 25.1 Å². The van der Waals surface area contributed by atoms with Gasteiger partial charge in [-0.15, -0.1) is 0 Å². The van der Waals surface area contributed by atoms with Gasteiger partial charge in [0.2, 0.25) is 5.95 Å². The van der Waals surface area contributed by atoms with E-state index in [9.17, 15) is 5.11 Å².